The van der Waals surface area contributed by atoms with Gasteiger partial charge >= 0.3 is 0 Å². The number of nitrogens with zero attached hydrogens (tertiary/aromatic N) is 3. The zero-order valence-electron chi connectivity index (χ0n) is 8.76. The second-order valence-corrected chi connectivity index (χ2v) is 4.95. The molecule has 0 aliphatic carbocycles. The molecule has 1 aliphatic heterocycles. The molecular formula is C9H16N4OS. The summed E-state index contributed by atoms with van der Waals surface area (Å²) >= 11 is 1.86. The first-order valence-corrected chi connectivity index (χ1v) is 6.23. The largest absolute Gasteiger partial charge is 0.394 e. The van der Waals surface area contributed by atoms with Crippen LogP contribution in [0.2, 0.25) is 0 Å². The van der Waals surface area contributed by atoms with Crippen molar-refractivity contribution in [2.45, 2.75) is 31.3 Å². The Morgan fingerprint density at radius 1 is 1.73 bits per heavy atom. The predicted molar refractivity (Wildman–Crippen MR) is 59.5 cm³/mol. The summed E-state index contributed by atoms with van der Waals surface area (Å²) in [4.78, 5) is 0. The monoisotopic (exact) mass is 228 g/mol. The van der Waals surface area contributed by atoms with E-state index in [0.29, 0.717) is 12.6 Å². The zero-order chi connectivity index (χ0) is 10.7. The number of nitrogens with one attached hydrogen (secondary N) is 1. The number of aliphatic hydroxyl groups is 1. The Morgan fingerprint density at radius 2 is 2.60 bits per heavy atom. The lowest BCUT2D eigenvalue weighted by molar-refractivity contribution is 0.268. The molecule has 2 N–H and O–H groups in total. The number of thioether (sulfide) groups is 1. The lowest BCUT2D eigenvalue weighted by Gasteiger charge is -2.26. The molecule has 1 saturated heterocycles. The van der Waals surface area contributed by atoms with E-state index in [1.54, 1.807) is 4.68 Å². The fraction of sp³-hybridized carbons (Fsp3) is 0.778. The molecule has 1 aliphatic rings. The van der Waals surface area contributed by atoms with Crippen LogP contribution < -0.4 is 5.32 Å². The quantitative estimate of drug-likeness (QED) is 0.783. The molecule has 2 rings (SSSR count). The molecule has 5 nitrogen and oxygen atoms in total. The van der Waals surface area contributed by atoms with Gasteiger partial charge in [0.15, 0.2) is 0 Å². The first kappa shape index (κ1) is 10.9. The molecule has 84 valence electrons. The maximum Gasteiger partial charge on any atom is 0.110 e. The van der Waals surface area contributed by atoms with Crippen LogP contribution in [0.25, 0.3) is 0 Å². The smallest absolute Gasteiger partial charge is 0.110 e. The predicted octanol–water partition coefficient (Wildman–Crippen LogP) is 0.384. The van der Waals surface area contributed by atoms with Crippen molar-refractivity contribution in [1.29, 1.82) is 0 Å². The maximum absolute atomic E-state index is 8.77. The number of hydrogen-bond acceptors (Lipinski definition) is 5. The van der Waals surface area contributed by atoms with Crippen LogP contribution in [0.1, 0.15) is 24.4 Å². The Morgan fingerprint density at radius 3 is 3.33 bits per heavy atom. The minimum absolute atomic E-state index is 0.102. The van der Waals surface area contributed by atoms with E-state index in [1.165, 1.54) is 6.42 Å². The molecule has 2 heterocycles. The van der Waals surface area contributed by atoms with Crippen LogP contribution in [-0.2, 0) is 6.54 Å². The van der Waals surface area contributed by atoms with Crippen molar-refractivity contribution in [1.82, 2.24) is 20.3 Å². The van der Waals surface area contributed by atoms with Crippen molar-refractivity contribution >= 4 is 11.8 Å². The third kappa shape index (κ3) is 2.70. The summed E-state index contributed by atoms with van der Waals surface area (Å²) in [7, 11) is 0. The number of hydrogen-bond donors (Lipinski definition) is 2. The molecule has 0 saturated carbocycles. The number of aromatic nitrogens is 3. The van der Waals surface area contributed by atoms with Gasteiger partial charge in [0.05, 0.1) is 24.7 Å². The van der Waals surface area contributed by atoms with Crippen LogP contribution in [0.5, 0.6) is 0 Å². The summed E-state index contributed by atoms with van der Waals surface area (Å²) in [5.41, 5.74) is 0.958. The second kappa shape index (κ2) is 4.96. The summed E-state index contributed by atoms with van der Waals surface area (Å²) in [6.07, 6.45) is 3.10. The fourth-order valence-corrected chi connectivity index (χ4v) is 2.90. The van der Waals surface area contributed by atoms with Gasteiger partial charge in [-0.05, 0) is 19.1 Å². The molecule has 1 fully saturated rings. The van der Waals surface area contributed by atoms with E-state index in [4.69, 9.17) is 5.11 Å². The highest BCUT2D eigenvalue weighted by Gasteiger charge is 2.22. The molecule has 2 unspecified atom stereocenters. The van der Waals surface area contributed by atoms with Gasteiger partial charge in [0.1, 0.15) is 5.69 Å². The highest BCUT2D eigenvalue weighted by molar-refractivity contribution is 7.99. The van der Waals surface area contributed by atoms with E-state index in [0.717, 1.165) is 11.4 Å². The minimum atomic E-state index is 0.102. The van der Waals surface area contributed by atoms with E-state index < -0.39 is 0 Å². The molecule has 0 amide bonds. The van der Waals surface area contributed by atoms with Crippen LogP contribution in [-0.4, -0.2) is 38.5 Å². The van der Waals surface area contributed by atoms with E-state index >= 15 is 0 Å². The van der Waals surface area contributed by atoms with Crippen molar-refractivity contribution in [3.05, 3.63) is 11.9 Å². The molecule has 0 aromatic carbocycles. The Hall–Kier alpha value is -0.590. The SMILES string of the molecule is CC1CCSC(c2cn(CCO)nn2)N1. The topological polar surface area (TPSA) is 63.0 Å². The van der Waals surface area contributed by atoms with Crippen molar-refractivity contribution < 1.29 is 5.11 Å². The van der Waals surface area contributed by atoms with Crippen LogP contribution in [0.15, 0.2) is 6.20 Å². The average molecular weight is 228 g/mol. The lowest BCUT2D eigenvalue weighted by Crippen LogP contribution is -2.33. The van der Waals surface area contributed by atoms with Gasteiger partial charge in [-0.2, -0.15) is 0 Å². The van der Waals surface area contributed by atoms with Crippen molar-refractivity contribution in [2.24, 2.45) is 0 Å². The summed E-state index contributed by atoms with van der Waals surface area (Å²) < 4.78 is 1.68. The molecule has 2 atom stereocenters. The Kier molecular flexibility index (Phi) is 3.61. The van der Waals surface area contributed by atoms with Crippen LogP contribution >= 0.6 is 11.8 Å². The standard InChI is InChI=1S/C9H16N4OS/c1-7-2-5-15-9(10-7)8-6-13(3-4-14)12-11-8/h6-7,9-10,14H,2-5H2,1H3. The second-order valence-electron chi connectivity index (χ2n) is 3.74. The lowest BCUT2D eigenvalue weighted by atomic mass is 10.2. The normalized spacial score (nSPS) is 26.8. The highest BCUT2D eigenvalue weighted by Crippen LogP contribution is 2.29. The molecule has 0 radical (unpaired) electrons. The molecule has 0 bridgehead atoms. The van der Waals surface area contributed by atoms with Crippen LogP contribution in [0.4, 0.5) is 0 Å². The van der Waals surface area contributed by atoms with E-state index in [-0.39, 0.29) is 12.0 Å². The molecule has 1 aromatic rings. The summed E-state index contributed by atoms with van der Waals surface area (Å²) in [5, 5.41) is 20.6. The van der Waals surface area contributed by atoms with Gasteiger partial charge in [-0.15, -0.1) is 16.9 Å². The molecule has 15 heavy (non-hydrogen) atoms. The summed E-state index contributed by atoms with van der Waals surface area (Å²) in [6.45, 7) is 2.80. The van der Waals surface area contributed by atoms with E-state index in [2.05, 4.69) is 22.6 Å². The first-order valence-electron chi connectivity index (χ1n) is 5.18. The molecule has 6 heteroatoms. The van der Waals surface area contributed by atoms with Crippen molar-refractivity contribution in [3.8, 4) is 0 Å². The van der Waals surface area contributed by atoms with Gasteiger partial charge in [0.25, 0.3) is 0 Å². The van der Waals surface area contributed by atoms with E-state index in [9.17, 15) is 0 Å². The molecular weight excluding hydrogens is 212 g/mol. The van der Waals surface area contributed by atoms with Gasteiger partial charge in [-0.25, -0.2) is 4.68 Å². The van der Waals surface area contributed by atoms with Gasteiger partial charge in [0.2, 0.25) is 0 Å². The van der Waals surface area contributed by atoms with Crippen molar-refractivity contribution in [3.63, 3.8) is 0 Å². The van der Waals surface area contributed by atoms with Crippen LogP contribution in [0.3, 0.4) is 0 Å². The van der Waals surface area contributed by atoms with Gasteiger partial charge in [-0.1, -0.05) is 5.21 Å². The highest BCUT2D eigenvalue weighted by atomic mass is 32.2. The van der Waals surface area contributed by atoms with Crippen molar-refractivity contribution in [2.75, 3.05) is 12.4 Å². The van der Waals surface area contributed by atoms with Gasteiger partial charge < -0.3 is 5.11 Å². The van der Waals surface area contributed by atoms with E-state index in [1.807, 2.05) is 18.0 Å². The Bertz CT molecular complexity index is 317. The van der Waals surface area contributed by atoms with Crippen LogP contribution in [0, 0.1) is 0 Å². The molecule has 0 spiro atoms. The molecule has 1 aromatic heterocycles. The van der Waals surface area contributed by atoms with Gasteiger partial charge in [0, 0.05) is 6.04 Å². The van der Waals surface area contributed by atoms with Gasteiger partial charge in [-0.3, -0.25) is 5.32 Å². The Balaban J connectivity index is 2.01. The number of aliphatic hydroxyl groups excluding tert-OH is 1. The third-order valence-corrected chi connectivity index (χ3v) is 3.61. The fourth-order valence-electron chi connectivity index (χ4n) is 1.57. The average Bonchev–Trinajstić information content (AvgIpc) is 2.67. The maximum atomic E-state index is 8.77. The zero-order valence-corrected chi connectivity index (χ0v) is 9.57. The first-order chi connectivity index (χ1) is 7.29. The summed E-state index contributed by atoms with van der Waals surface area (Å²) in [5.74, 6) is 1.16. The number of rotatable bonds is 3. The minimum Gasteiger partial charge on any atom is -0.394 e. The third-order valence-electron chi connectivity index (χ3n) is 2.43. The summed E-state index contributed by atoms with van der Waals surface area (Å²) in [6, 6.07) is 0.541. The Labute approximate surface area is 93.2 Å².